The smallest absolute Gasteiger partial charge is 0.185 e. The third-order valence-corrected chi connectivity index (χ3v) is 4.23. The average molecular weight is 269 g/mol. The van der Waals surface area contributed by atoms with Gasteiger partial charge in [0.15, 0.2) is 5.13 Å². The lowest BCUT2D eigenvalue weighted by molar-refractivity contribution is 0.0819. The van der Waals surface area contributed by atoms with Gasteiger partial charge in [-0.05, 0) is 12.8 Å². The Balaban J connectivity index is 1.86. The van der Waals surface area contributed by atoms with Crippen molar-refractivity contribution < 1.29 is 4.74 Å². The molecule has 0 bridgehead atoms. The first-order chi connectivity index (χ1) is 8.69. The Hall–Kier alpha value is -0.650. The number of thiazole rings is 1. The number of methoxy groups -OCH3 is 1. The number of nitrogens with one attached hydrogen (secondary N) is 1. The molecule has 0 atom stereocenters. The zero-order valence-corrected chi connectivity index (χ0v) is 12.3. The summed E-state index contributed by atoms with van der Waals surface area (Å²) >= 11 is 1.75. The fraction of sp³-hybridized carbons (Fsp3) is 0.769. The molecule has 4 nitrogen and oxygen atoms in total. The van der Waals surface area contributed by atoms with Crippen LogP contribution in [0.2, 0.25) is 0 Å². The predicted molar refractivity (Wildman–Crippen MR) is 76.3 cm³/mol. The van der Waals surface area contributed by atoms with Crippen molar-refractivity contribution in [2.45, 2.75) is 45.4 Å². The summed E-state index contributed by atoms with van der Waals surface area (Å²) in [5.74, 6) is 0. The lowest BCUT2D eigenvalue weighted by atomic mass is 10.1. The van der Waals surface area contributed by atoms with Crippen LogP contribution in [0.4, 0.5) is 5.13 Å². The van der Waals surface area contributed by atoms with Gasteiger partial charge in [0.1, 0.15) is 0 Å². The molecule has 1 aliphatic heterocycles. The summed E-state index contributed by atoms with van der Waals surface area (Å²) in [5, 5.41) is 6.72. The van der Waals surface area contributed by atoms with Crippen LogP contribution in [0.1, 0.15) is 32.4 Å². The molecule has 1 N–H and O–H groups in total. The molecule has 0 spiro atoms. The molecule has 0 amide bonds. The Bertz CT molecular complexity index is 359. The molecule has 102 valence electrons. The Morgan fingerprint density at radius 1 is 1.50 bits per heavy atom. The van der Waals surface area contributed by atoms with Gasteiger partial charge < -0.3 is 15.0 Å². The van der Waals surface area contributed by atoms with Gasteiger partial charge in [-0.1, -0.05) is 13.8 Å². The highest BCUT2D eigenvalue weighted by Crippen LogP contribution is 2.24. The Morgan fingerprint density at radius 3 is 2.83 bits per heavy atom. The summed E-state index contributed by atoms with van der Waals surface area (Å²) in [6.45, 7) is 7.29. The van der Waals surface area contributed by atoms with Gasteiger partial charge in [-0.3, -0.25) is 0 Å². The van der Waals surface area contributed by atoms with Gasteiger partial charge in [-0.25, -0.2) is 4.98 Å². The second kappa shape index (κ2) is 6.50. The van der Waals surface area contributed by atoms with Gasteiger partial charge >= 0.3 is 0 Å². The first-order valence-electron chi connectivity index (χ1n) is 6.64. The molecule has 18 heavy (non-hydrogen) atoms. The average Bonchev–Trinajstić information content (AvgIpc) is 2.85. The maximum Gasteiger partial charge on any atom is 0.185 e. The minimum absolute atomic E-state index is 0.434. The van der Waals surface area contributed by atoms with Crippen molar-refractivity contribution in [2.24, 2.45) is 0 Å². The van der Waals surface area contributed by atoms with E-state index in [0.717, 1.165) is 43.3 Å². The van der Waals surface area contributed by atoms with Crippen LogP contribution in [0, 0.1) is 0 Å². The van der Waals surface area contributed by atoms with Gasteiger partial charge in [0, 0.05) is 38.2 Å². The summed E-state index contributed by atoms with van der Waals surface area (Å²) in [4.78, 5) is 7.07. The Labute approximate surface area is 113 Å². The molecular formula is C13H23N3OS. The molecule has 1 aliphatic rings. The molecule has 5 heteroatoms. The number of piperidine rings is 1. The van der Waals surface area contributed by atoms with Crippen molar-refractivity contribution in [1.82, 2.24) is 10.3 Å². The van der Waals surface area contributed by atoms with Crippen LogP contribution in [0.5, 0.6) is 0 Å². The Morgan fingerprint density at radius 2 is 2.22 bits per heavy atom. The molecule has 2 rings (SSSR count). The fourth-order valence-corrected chi connectivity index (χ4v) is 2.99. The van der Waals surface area contributed by atoms with Crippen molar-refractivity contribution >= 4 is 16.5 Å². The predicted octanol–water partition coefficient (Wildman–Crippen LogP) is 2.26. The number of nitrogens with zero attached hydrogens (tertiary/aromatic N) is 2. The van der Waals surface area contributed by atoms with Gasteiger partial charge in [0.2, 0.25) is 0 Å². The molecule has 0 aliphatic carbocycles. The maximum atomic E-state index is 5.39. The lowest BCUT2D eigenvalue weighted by Crippen LogP contribution is -2.36. The normalized spacial score (nSPS) is 17.7. The Kier molecular flexibility index (Phi) is 4.97. The molecule has 1 fully saturated rings. The summed E-state index contributed by atoms with van der Waals surface area (Å²) in [6.07, 6.45) is 2.65. The molecule has 0 unspecified atom stereocenters. The molecule has 1 aromatic heterocycles. The van der Waals surface area contributed by atoms with Crippen LogP contribution in [-0.4, -0.2) is 37.3 Å². The van der Waals surface area contributed by atoms with Gasteiger partial charge in [-0.15, -0.1) is 11.3 Å². The number of aromatic nitrogens is 1. The number of hydrogen-bond acceptors (Lipinski definition) is 5. The number of hydrogen-bond donors (Lipinski definition) is 1. The second-order valence-corrected chi connectivity index (χ2v) is 5.92. The fourth-order valence-electron chi connectivity index (χ4n) is 2.11. The summed E-state index contributed by atoms with van der Waals surface area (Å²) in [6, 6.07) is 0.507. The van der Waals surface area contributed by atoms with Crippen molar-refractivity contribution in [3.63, 3.8) is 0 Å². The van der Waals surface area contributed by atoms with Gasteiger partial charge in [0.05, 0.1) is 11.8 Å². The van der Waals surface area contributed by atoms with Gasteiger partial charge in [-0.2, -0.15) is 0 Å². The molecule has 0 saturated carbocycles. The second-order valence-electron chi connectivity index (χ2n) is 5.08. The summed E-state index contributed by atoms with van der Waals surface area (Å²) < 4.78 is 5.39. The highest BCUT2D eigenvalue weighted by Gasteiger charge is 2.20. The minimum atomic E-state index is 0.434. The molecule has 1 aromatic rings. The first kappa shape index (κ1) is 13.8. The van der Waals surface area contributed by atoms with Crippen molar-refractivity contribution in [1.29, 1.82) is 0 Å². The van der Waals surface area contributed by atoms with Crippen molar-refractivity contribution in [2.75, 3.05) is 25.1 Å². The molecule has 0 aromatic carbocycles. The van der Waals surface area contributed by atoms with Crippen LogP contribution in [0.25, 0.3) is 0 Å². The SMILES string of the molecule is COC1CCN(c2nc(CNC(C)C)cs2)CC1. The molecule has 2 heterocycles. The first-order valence-corrected chi connectivity index (χ1v) is 7.52. The van der Waals surface area contributed by atoms with Crippen LogP contribution < -0.4 is 10.2 Å². The van der Waals surface area contributed by atoms with E-state index in [4.69, 9.17) is 9.72 Å². The molecule has 1 saturated heterocycles. The zero-order chi connectivity index (χ0) is 13.0. The van der Waals surface area contributed by atoms with Crippen LogP contribution in [0.3, 0.4) is 0 Å². The monoisotopic (exact) mass is 269 g/mol. The standard InChI is InChI=1S/C13H23N3OS/c1-10(2)14-8-11-9-18-13(15-11)16-6-4-12(17-3)5-7-16/h9-10,12,14H,4-8H2,1-3H3. The number of rotatable bonds is 5. The van der Waals surface area contributed by atoms with E-state index < -0.39 is 0 Å². The zero-order valence-electron chi connectivity index (χ0n) is 11.5. The highest BCUT2D eigenvalue weighted by atomic mass is 32.1. The topological polar surface area (TPSA) is 37.4 Å². The number of ether oxygens (including phenoxy) is 1. The largest absolute Gasteiger partial charge is 0.381 e. The summed E-state index contributed by atoms with van der Waals surface area (Å²) in [5.41, 5.74) is 1.15. The van der Waals surface area contributed by atoms with Crippen LogP contribution in [0.15, 0.2) is 5.38 Å². The van der Waals surface area contributed by atoms with E-state index in [9.17, 15) is 0 Å². The van der Waals surface area contributed by atoms with E-state index in [1.165, 1.54) is 0 Å². The van der Waals surface area contributed by atoms with Gasteiger partial charge in [0.25, 0.3) is 0 Å². The quantitative estimate of drug-likeness (QED) is 0.889. The van der Waals surface area contributed by atoms with E-state index in [2.05, 4.69) is 29.4 Å². The summed E-state index contributed by atoms with van der Waals surface area (Å²) in [7, 11) is 1.80. The van der Waals surface area contributed by atoms with Crippen molar-refractivity contribution in [3.05, 3.63) is 11.1 Å². The molecular weight excluding hydrogens is 246 g/mol. The van der Waals surface area contributed by atoms with E-state index >= 15 is 0 Å². The lowest BCUT2D eigenvalue weighted by Gasteiger charge is -2.30. The molecule has 0 radical (unpaired) electrons. The maximum absolute atomic E-state index is 5.39. The van der Waals surface area contributed by atoms with E-state index in [1.807, 2.05) is 0 Å². The van der Waals surface area contributed by atoms with E-state index in [-0.39, 0.29) is 0 Å². The number of anilines is 1. The highest BCUT2D eigenvalue weighted by molar-refractivity contribution is 7.13. The minimum Gasteiger partial charge on any atom is -0.381 e. The third-order valence-electron chi connectivity index (χ3n) is 3.28. The van der Waals surface area contributed by atoms with Crippen LogP contribution in [-0.2, 0) is 11.3 Å². The van der Waals surface area contributed by atoms with E-state index in [1.54, 1.807) is 18.4 Å². The third kappa shape index (κ3) is 3.67. The van der Waals surface area contributed by atoms with Crippen molar-refractivity contribution in [3.8, 4) is 0 Å². The van der Waals surface area contributed by atoms with Crippen LogP contribution >= 0.6 is 11.3 Å². The van der Waals surface area contributed by atoms with E-state index in [0.29, 0.717) is 12.1 Å².